The minimum absolute atomic E-state index is 0.0820. The van der Waals surface area contributed by atoms with Gasteiger partial charge in [-0.1, -0.05) is 36.4 Å². The standard InChI is InChI=1S/C21H26F2N2O3/c1-21(2,3)27-14-17-6-4-5-16(11-17)13-25-20(26)24-12-15-7-9-18(10-8-15)28-19(22)23/h4-11,19H,12-14H2,1-3H3,(H2,24,25,26). The maximum Gasteiger partial charge on any atom is 0.387 e. The molecule has 2 N–H and O–H groups in total. The molecule has 2 rings (SSSR count). The van der Waals surface area contributed by atoms with Crippen LogP contribution >= 0.6 is 0 Å². The predicted molar refractivity (Wildman–Crippen MR) is 103 cm³/mol. The van der Waals surface area contributed by atoms with Gasteiger partial charge < -0.3 is 20.1 Å². The second kappa shape index (κ2) is 10.0. The van der Waals surface area contributed by atoms with Crippen molar-refractivity contribution in [3.63, 3.8) is 0 Å². The smallest absolute Gasteiger partial charge is 0.387 e. The maximum atomic E-state index is 12.1. The van der Waals surface area contributed by atoms with Crippen LogP contribution in [0.4, 0.5) is 13.6 Å². The van der Waals surface area contributed by atoms with Crippen LogP contribution in [0, 0.1) is 0 Å². The van der Waals surface area contributed by atoms with E-state index in [9.17, 15) is 13.6 Å². The molecule has 152 valence electrons. The minimum atomic E-state index is -2.85. The van der Waals surface area contributed by atoms with Crippen molar-refractivity contribution in [3.05, 3.63) is 65.2 Å². The van der Waals surface area contributed by atoms with Crippen LogP contribution in [0.25, 0.3) is 0 Å². The van der Waals surface area contributed by atoms with Crippen LogP contribution < -0.4 is 15.4 Å². The second-order valence-electron chi connectivity index (χ2n) is 7.28. The Morgan fingerprint density at radius 1 is 0.964 bits per heavy atom. The van der Waals surface area contributed by atoms with Gasteiger partial charge in [-0.3, -0.25) is 0 Å². The summed E-state index contributed by atoms with van der Waals surface area (Å²) in [5, 5.41) is 5.52. The molecule has 28 heavy (non-hydrogen) atoms. The molecule has 0 atom stereocenters. The van der Waals surface area contributed by atoms with Crippen LogP contribution in [-0.2, 0) is 24.4 Å². The quantitative estimate of drug-likeness (QED) is 0.690. The fraction of sp³-hybridized carbons (Fsp3) is 0.381. The fourth-order valence-corrected chi connectivity index (χ4v) is 2.35. The van der Waals surface area contributed by atoms with Crippen molar-refractivity contribution in [1.82, 2.24) is 10.6 Å². The number of amides is 2. The number of nitrogens with one attached hydrogen (secondary N) is 2. The molecule has 0 aromatic heterocycles. The molecule has 0 bridgehead atoms. The zero-order valence-corrected chi connectivity index (χ0v) is 16.3. The third-order valence-electron chi connectivity index (χ3n) is 3.72. The first-order valence-corrected chi connectivity index (χ1v) is 8.98. The van der Waals surface area contributed by atoms with Gasteiger partial charge in [-0.05, 0) is 49.6 Å². The number of halogens is 2. The van der Waals surface area contributed by atoms with Crippen LogP contribution in [0.3, 0.4) is 0 Å². The molecule has 7 heteroatoms. The monoisotopic (exact) mass is 392 g/mol. The van der Waals surface area contributed by atoms with Crippen molar-refractivity contribution in [2.75, 3.05) is 0 Å². The van der Waals surface area contributed by atoms with Crippen LogP contribution in [0.1, 0.15) is 37.5 Å². The van der Waals surface area contributed by atoms with Crippen molar-refractivity contribution in [2.45, 2.75) is 52.7 Å². The highest BCUT2D eigenvalue weighted by Gasteiger charge is 2.10. The van der Waals surface area contributed by atoms with E-state index in [1.165, 1.54) is 12.1 Å². The largest absolute Gasteiger partial charge is 0.435 e. The number of hydrogen-bond donors (Lipinski definition) is 2. The van der Waals surface area contributed by atoms with Gasteiger partial charge in [0.15, 0.2) is 0 Å². The van der Waals surface area contributed by atoms with E-state index in [-0.39, 0.29) is 23.9 Å². The third kappa shape index (κ3) is 8.35. The fourth-order valence-electron chi connectivity index (χ4n) is 2.35. The van der Waals surface area contributed by atoms with Crippen molar-refractivity contribution >= 4 is 6.03 Å². The minimum Gasteiger partial charge on any atom is -0.435 e. The number of rotatable bonds is 8. The van der Waals surface area contributed by atoms with E-state index in [1.54, 1.807) is 12.1 Å². The highest BCUT2D eigenvalue weighted by Crippen LogP contribution is 2.15. The van der Waals surface area contributed by atoms with Gasteiger partial charge in [0.2, 0.25) is 0 Å². The maximum absolute atomic E-state index is 12.1. The molecule has 0 aliphatic carbocycles. The van der Waals surface area contributed by atoms with E-state index in [0.717, 1.165) is 16.7 Å². The van der Waals surface area contributed by atoms with Crippen LogP contribution in [0.5, 0.6) is 5.75 Å². The highest BCUT2D eigenvalue weighted by molar-refractivity contribution is 5.73. The summed E-state index contributed by atoms with van der Waals surface area (Å²) in [6, 6.07) is 13.6. The molecule has 0 unspecified atom stereocenters. The Labute approximate surface area is 164 Å². The Morgan fingerprint density at radius 3 is 2.18 bits per heavy atom. The van der Waals surface area contributed by atoms with Gasteiger partial charge in [-0.2, -0.15) is 8.78 Å². The predicted octanol–water partition coefficient (Wildman–Crippen LogP) is 4.60. The van der Waals surface area contributed by atoms with Gasteiger partial charge in [-0.15, -0.1) is 0 Å². The zero-order chi connectivity index (χ0) is 20.6. The van der Waals surface area contributed by atoms with E-state index >= 15 is 0 Å². The Bertz CT molecular complexity index is 759. The first kappa shape index (κ1) is 21.6. The molecule has 5 nitrogen and oxygen atoms in total. The molecule has 0 heterocycles. The lowest BCUT2D eigenvalue weighted by atomic mass is 10.1. The van der Waals surface area contributed by atoms with Gasteiger partial charge in [0, 0.05) is 13.1 Å². The van der Waals surface area contributed by atoms with Crippen LogP contribution in [0.15, 0.2) is 48.5 Å². The first-order chi connectivity index (χ1) is 13.2. The van der Waals surface area contributed by atoms with Crippen molar-refractivity contribution in [1.29, 1.82) is 0 Å². The Morgan fingerprint density at radius 2 is 1.57 bits per heavy atom. The van der Waals surface area contributed by atoms with E-state index in [4.69, 9.17) is 4.74 Å². The summed E-state index contributed by atoms with van der Waals surface area (Å²) < 4.78 is 34.3. The summed E-state index contributed by atoms with van der Waals surface area (Å²) >= 11 is 0. The van der Waals surface area contributed by atoms with Crippen molar-refractivity contribution in [2.24, 2.45) is 0 Å². The van der Waals surface area contributed by atoms with Crippen molar-refractivity contribution < 1.29 is 23.0 Å². The lowest BCUT2D eigenvalue weighted by molar-refractivity contribution is -0.0498. The average Bonchev–Trinajstić information content (AvgIpc) is 2.63. The summed E-state index contributed by atoms with van der Waals surface area (Å²) in [7, 11) is 0. The van der Waals surface area contributed by atoms with Gasteiger partial charge in [0.05, 0.1) is 12.2 Å². The second-order valence-corrected chi connectivity index (χ2v) is 7.28. The lowest BCUT2D eigenvalue weighted by Crippen LogP contribution is -2.34. The Kier molecular flexibility index (Phi) is 7.75. The summed E-state index contributed by atoms with van der Waals surface area (Å²) in [5.74, 6) is 0.0820. The third-order valence-corrected chi connectivity index (χ3v) is 3.72. The summed E-state index contributed by atoms with van der Waals surface area (Å²) in [5.41, 5.74) is 2.58. The zero-order valence-electron chi connectivity index (χ0n) is 16.3. The summed E-state index contributed by atoms with van der Waals surface area (Å²) in [6.07, 6.45) is 0. The molecule has 2 aromatic rings. The molecule has 0 spiro atoms. The van der Waals surface area contributed by atoms with Gasteiger partial charge >= 0.3 is 12.6 Å². The van der Waals surface area contributed by atoms with E-state index in [2.05, 4.69) is 15.4 Å². The lowest BCUT2D eigenvalue weighted by Gasteiger charge is -2.19. The number of carbonyl (C=O) groups excluding carboxylic acids is 1. The Hall–Kier alpha value is -2.67. The number of urea groups is 1. The van der Waals surface area contributed by atoms with Gasteiger partial charge in [0.1, 0.15) is 5.75 Å². The van der Waals surface area contributed by atoms with E-state index < -0.39 is 6.61 Å². The molecular formula is C21H26F2N2O3. The highest BCUT2D eigenvalue weighted by atomic mass is 19.3. The number of ether oxygens (including phenoxy) is 2. The van der Waals surface area contributed by atoms with E-state index in [1.807, 2.05) is 45.0 Å². The Balaban J connectivity index is 1.76. The molecule has 0 radical (unpaired) electrons. The molecule has 0 aliphatic rings. The first-order valence-electron chi connectivity index (χ1n) is 8.98. The molecule has 0 saturated carbocycles. The number of benzene rings is 2. The normalized spacial score (nSPS) is 11.4. The van der Waals surface area contributed by atoms with Gasteiger partial charge in [-0.25, -0.2) is 4.79 Å². The summed E-state index contributed by atoms with van der Waals surface area (Å²) in [4.78, 5) is 12.0. The van der Waals surface area contributed by atoms with E-state index in [0.29, 0.717) is 13.2 Å². The number of carbonyl (C=O) groups is 1. The average molecular weight is 392 g/mol. The molecule has 2 amide bonds. The molecular weight excluding hydrogens is 366 g/mol. The van der Waals surface area contributed by atoms with Crippen LogP contribution in [0.2, 0.25) is 0 Å². The molecule has 0 fully saturated rings. The SMILES string of the molecule is CC(C)(C)OCc1cccc(CNC(=O)NCc2ccc(OC(F)F)cc2)c1. The number of hydrogen-bond acceptors (Lipinski definition) is 3. The topological polar surface area (TPSA) is 59.6 Å². The summed E-state index contributed by atoms with van der Waals surface area (Å²) in [6.45, 7) is 4.32. The van der Waals surface area contributed by atoms with Gasteiger partial charge in [0.25, 0.3) is 0 Å². The molecule has 2 aromatic carbocycles. The molecule has 0 aliphatic heterocycles. The number of alkyl halides is 2. The van der Waals surface area contributed by atoms with Crippen molar-refractivity contribution in [3.8, 4) is 5.75 Å². The van der Waals surface area contributed by atoms with Crippen LogP contribution in [-0.4, -0.2) is 18.2 Å². The molecule has 0 saturated heterocycles.